The normalized spacial score (nSPS) is 20.7. The SMILES string of the molecule is Clc1ccc2c(CC3CCNC3)c[nH]c2c1. The third-order valence-corrected chi connectivity index (χ3v) is 3.64. The first-order valence-corrected chi connectivity index (χ1v) is 6.17. The minimum absolute atomic E-state index is 0.787. The summed E-state index contributed by atoms with van der Waals surface area (Å²) in [6.07, 6.45) is 4.58. The number of aromatic nitrogens is 1. The summed E-state index contributed by atoms with van der Waals surface area (Å²) in [6, 6.07) is 6.08. The molecule has 0 aliphatic carbocycles. The number of rotatable bonds is 2. The summed E-state index contributed by atoms with van der Waals surface area (Å²) in [7, 11) is 0. The van der Waals surface area contributed by atoms with Gasteiger partial charge in [0.25, 0.3) is 0 Å². The number of hydrogen-bond donors (Lipinski definition) is 2. The molecule has 0 amide bonds. The molecule has 16 heavy (non-hydrogen) atoms. The minimum atomic E-state index is 0.787. The van der Waals surface area contributed by atoms with Crippen LogP contribution in [0.15, 0.2) is 24.4 Å². The Morgan fingerprint density at radius 3 is 3.12 bits per heavy atom. The van der Waals surface area contributed by atoms with Crippen molar-refractivity contribution in [3.05, 3.63) is 35.0 Å². The van der Waals surface area contributed by atoms with E-state index in [0.29, 0.717) is 0 Å². The Labute approximate surface area is 100.0 Å². The second kappa shape index (κ2) is 4.11. The Balaban J connectivity index is 1.91. The molecule has 2 nitrogen and oxygen atoms in total. The van der Waals surface area contributed by atoms with Gasteiger partial charge >= 0.3 is 0 Å². The lowest BCUT2D eigenvalue weighted by atomic mass is 9.98. The second-order valence-electron chi connectivity index (χ2n) is 4.57. The summed E-state index contributed by atoms with van der Waals surface area (Å²) in [4.78, 5) is 3.30. The van der Waals surface area contributed by atoms with E-state index in [-0.39, 0.29) is 0 Å². The van der Waals surface area contributed by atoms with Gasteiger partial charge in [0.2, 0.25) is 0 Å². The van der Waals surface area contributed by atoms with Gasteiger partial charge in [-0.15, -0.1) is 0 Å². The van der Waals surface area contributed by atoms with E-state index in [0.717, 1.165) is 29.4 Å². The number of aromatic amines is 1. The topological polar surface area (TPSA) is 27.8 Å². The van der Waals surface area contributed by atoms with Crippen LogP contribution in [0.3, 0.4) is 0 Å². The molecule has 1 atom stereocenters. The van der Waals surface area contributed by atoms with Gasteiger partial charge in [-0.05, 0) is 49.5 Å². The summed E-state index contributed by atoms with van der Waals surface area (Å²) in [5.74, 6) is 0.787. The molecule has 2 N–H and O–H groups in total. The predicted octanol–water partition coefficient (Wildman–Crippen LogP) is 2.97. The zero-order chi connectivity index (χ0) is 11.0. The van der Waals surface area contributed by atoms with Crippen LogP contribution in [-0.2, 0) is 6.42 Å². The van der Waals surface area contributed by atoms with Gasteiger partial charge in [0.05, 0.1) is 0 Å². The van der Waals surface area contributed by atoms with Gasteiger partial charge in [-0.1, -0.05) is 17.7 Å². The maximum atomic E-state index is 5.97. The smallest absolute Gasteiger partial charge is 0.0471 e. The number of fused-ring (bicyclic) bond motifs is 1. The van der Waals surface area contributed by atoms with E-state index in [1.54, 1.807) is 0 Å². The monoisotopic (exact) mass is 234 g/mol. The van der Waals surface area contributed by atoms with E-state index in [1.807, 2.05) is 12.1 Å². The third kappa shape index (κ3) is 1.83. The molecule has 3 rings (SSSR count). The van der Waals surface area contributed by atoms with Crippen LogP contribution in [0, 0.1) is 5.92 Å². The highest BCUT2D eigenvalue weighted by molar-refractivity contribution is 6.31. The van der Waals surface area contributed by atoms with Gasteiger partial charge in [-0.2, -0.15) is 0 Å². The van der Waals surface area contributed by atoms with Crippen molar-refractivity contribution in [2.75, 3.05) is 13.1 Å². The quantitative estimate of drug-likeness (QED) is 0.822. The van der Waals surface area contributed by atoms with Gasteiger partial charge in [-0.25, -0.2) is 0 Å². The molecule has 0 saturated carbocycles. The van der Waals surface area contributed by atoms with E-state index in [9.17, 15) is 0 Å². The average molecular weight is 235 g/mol. The number of benzene rings is 1. The highest BCUT2D eigenvalue weighted by Gasteiger charge is 2.16. The molecule has 1 aromatic carbocycles. The van der Waals surface area contributed by atoms with Crippen LogP contribution < -0.4 is 5.32 Å². The number of halogens is 1. The lowest BCUT2D eigenvalue weighted by molar-refractivity contribution is 0.582. The van der Waals surface area contributed by atoms with Crippen molar-refractivity contribution in [1.29, 1.82) is 0 Å². The highest BCUT2D eigenvalue weighted by atomic mass is 35.5. The molecule has 1 aliphatic heterocycles. The van der Waals surface area contributed by atoms with Gasteiger partial charge in [0.1, 0.15) is 0 Å². The minimum Gasteiger partial charge on any atom is -0.361 e. The first-order valence-electron chi connectivity index (χ1n) is 5.79. The van der Waals surface area contributed by atoms with Crippen molar-refractivity contribution in [2.45, 2.75) is 12.8 Å². The molecule has 1 aliphatic rings. The molecule has 3 heteroatoms. The summed E-state index contributed by atoms with van der Waals surface area (Å²) in [5.41, 5.74) is 2.56. The van der Waals surface area contributed by atoms with E-state index in [2.05, 4.69) is 22.6 Å². The largest absolute Gasteiger partial charge is 0.361 e. The summed E-state index contributed by atoms with van der Waals surface area (Å²) < 4.78 is 0. The lowest BCUT2D eigenvalue weighted by Crippen LogP contribution is -2.10. The van der Waals surface area contributed by atoms with Crippen molar-refractivity contribution in [3.8, 4) is 0 Å². The van der Waals surface area contributed by atoms with Crippen molar-refractivity contribution in [1.82, 2.24) is 10.3 Å². The third-order valence-electron chi connectivity index (χ3n) is 3.40. The Bertz CT molecular complexity index is 498. The summed E-state index contributed by atoms with van der Waals surface area (Å²) in [6.45, 7) is 2.32. The van der Waals surface area contributed by atoms with Gasteiger partial charge in [0, 0.05) is 22.1 Å². The molecule has 84 valence electrons. The van der Waals surface area contributed by atoms with E-state index < -0.39 is 0 Å². The van der Waals surface area contributed by atoms with Crippen molar-refractivity contribution >= 4 is 22.5 Å². The van der Waals surface area contributed by atoms with E-state index in [1.165, 1.54) is 23.9 Å². The van der Waals surface area contributed by atoms with Crippen LogP contribution in [-0.4, -0.2) is 18.1 Å². The van der Waals surface area contributed by atoms with Crippen LogP contribution in [0.1, 0.15) is 12.0 Å². The Morgan fingerprint density at radius 1 is 1.38 bits per heavy atom. The van der Waals surface area contributed by atoms with Gasteiger partial charge in [-0.3, -0.25) is 0 Å². The van der Waals surface area contributed by atoms with Crippen LogP contribution >= 0.6 is 11.6 Å². The van der Waals surface area contributed by atoms with Gasteiger partial charge < -0.3 is 10.3 Å². The molecule has 0 radical (unpaired) electrons. The molecule has 2 heterocycles. The van der Waals surface area contributed by atoms with Crippen molar-refractivity contribution in [3.63, 3.8) is 0 Å². The standard InChI is InChI=1S/C13H15ClN2/c14-11-1-2-12-10(8-16-13(12)6-11)5-9-3-4-15-7-9/h1-2,6,8-9,15-16H,3-5,7H2. The molecule has 1 fully saturated rings. The molecule has 1 aromatic heterocycles. The second-order valence-corrected chi connectivity index (χ2v) is 5.00. The Kier molecular flexibility index (Phi) is 2.62. The fourth-order valence-electron chi connectivity index (χ4n) is 2.53. The first kappa shape index (κ1) is 10.2. The molecule has 0 bridgehead atoms. The Morgan fingerprint density at radius 2 is 2.31 bits per heavy atom. The molecule has 1 saturated heterocycles. The molecular weight excluding hydrogens is 220 g/mol. The van der Waals surface area contributed by atoms with Gasteiger partial charge in [0.15, 0.2) is 0 Å². The van der Waals surface area contributed by atoms with E-state index in [4.69, 9.17) is 11.6 Å². The Hall–Kier alpha value is -0.990. The lowest BCUT2D eigenvalue weighted by Gasteiger charge is -2.06. The molecule has 1 unspecified atom stereocenters. The van der Waals surface area contributed by atoms with Crippen LogP contribution in [0.2, 0.25) is 5.02 Å². The van der Waals surface area contributed by atoms with E-state index >= 15 is 0 Å². The number of H-pyrrole nitrogens is 1. The molecule has 2 aromatic rings. The fourth-order valence-corrected chi connectivity index (χ4v) is 2.70. The van der Waals surface area contributed by atoms with Crippen LogP contribution in [0.4, 0.5) is 0 Å². The highest BCUT2D eigenvalue weighted by Crippen LogP contribution is 2.25. The predicted molar refractivity (Wildman–Crippen MR) is 68.0 cm³/mol. The zero-order valence-corrected chi connectivity index (χ0v) is 9.85. The zero-order valence-electron chi connectivity index (χ0n) is 9.09. The number of nitrogens with one attached hydrogen (secondary N) is 2. The fraction of sp³-hybridized carbons (Fsp3) is 0.385. The summed E-state index contributed by atoms with van der Waals surface area (Å²) in [5, 5.41) is 5.52. The van der Waals surface area contributed by atoms with Crippen molar-refractivity contribution in [2.24, 2.45) is 5.92 Å². The average Bonchev–Trinajstić information content (AvgIpc) is 2.89. The number of hydrogen-bond acceptors (Lipinski definition) is 1. The molecular formula is C13H15ClN2. The van der Waals surface area contributed by atoms with Crippen molar-refractivity contribution < 1.29 is 0 Å². The summed E-state index contributed by atoms with van der Waals surface area (Å²) >= 11 is 5.97. The molecule has 0 spiro atoms. The van der Waals surface area contributed by atoms with Crippen LogP contribution in [0.5, 0.6) is 0 Å². The van der Waals surface area contributed by atoms with Crippen LogP contribution in [0.25, 0.3) is 10.9 Å². The maximum absolute atomic E-state index is 5.97. The maximum Gasteiger partial charge on any atom is 0.0471 e. The first-order chi connectivity index (χ1) is 7.83.